The van der Waals surface area contributed by atoms with E-state index < -0.39 is 0 Å². The van der Waals surface area contributed by atoms with E-state index in [9.17, 15) is 0 Å². The number of pyridine rings is 1. The smallest absolute Gasteiger partial charge is 0.214 e. The monoisotopic (exact) mass is 188 g/mol. The van der Waals surface area contributed by atoms with Gasteiger partial charge in [-0.25, -0.2) is 0 Å². The summed E-state index contributed by atoms with van der Waals surface area (Å²) < 4.78 is 5.08. The number of methoxy groups -OCH3 is 1. The first-order valence-electron chi connectivity index (χ1n) is 4.90. The Bertz CT molecular complexity index is 471. The zero-order chi connectivity index (χ0) is 9.54. The first kappa shape index (κ1) is 7.85. The Hall–Kier alpha value is -1.51. The van der Waals surface area contributed by atoms with Crippen LogP contribution in [0.25, 0.3) is 11.0 Å². The molecule has 0 aromatic carbocycles. The number of fused-ring (bicyclic) bond motifs is 1. The number of nitrogens with one attached hydrogen (secondary N) is 1. The number of aromatic amines is 1. The molecule has 3 nitrogen and oxygen atoms in total. The van der Waals surface area contributed by atoms with E-state index in [1.165, 1.54) is 23.8 Å². The lowest BCUT2D eigenvalue weighted by Gasteiger charge is -1.98. The normalized spacial score (nSPS) is 16.1. The summed E-state index contributed by atoms with van der Waals surface area (Å²) in [6, 6.07) is 4.01. The van der Waals surface area contributed by atoms with Gasteiger partial charge in [-0.1, -0.05) is 0 Å². The Kier molecular flexibility index (Phi) is 1.54. The van der Waals surface area contributed by atoms with Crippen LogP contribution < -0.4 is 4.74 Å². The molecule has 0 unspecified atom stereocenters. The van der Waals surface area contributed by atoms with Gasteiger partial charge in [-0.15, -0.1) is 0 Å². The highest BCUT2D eigenvalue weighted by Crippen LogP contribution is 2.43. The molecule has 2 heterocycles. The van der Waals surface area contributed by atoms with Crippen molar-refractivity contribution in [2.45, 2.75) is 18.8 Å². The van der Waals surface area contributed by atoms with Gasteiger partial charge in [0.2, 0.25) is 5.88 Å². The highest BCUT2D eigenvalue weighted by molar-refractivity contribution is 5.81. The summed E-state index contributed by atoms with van der Waals surface area (Å²) in [4.78, 5) is 7.54. The highest BCUT2D eigenvalue weighted by Gasteiger charge is 2.26. The predicted molar refractivity (Wildman–Crippen MR) is 54.6 cm³/mol. The van der Waals surface area contributed by atoms with Crippen molar-refractivity contribution in [1.82, 2.24) is 9.97 Å². The SMILES string of the molecule is COc1ccc2c(C3CC3)c[nH]c2n1. The molecule has 0 aliphatic heterocycles. The van der Waals surface area contributed by atoms with Crippen molar-refractivity contribution in [1.29, 1.82) is 0 Å². The van der Waals surface area contributed by atoms with Gasteiger partial charge in [0.05, 0.1) is 7.11 Å². The van der Waals surface area contributed by atoms with E-state index >= 15 is 0 Å². The zero-order valence-corrected chi connectivity index (χ0v) is 8.08. The standard InChI is InChI=1S/C11H12N2O/c1-14-10-5-4-8-9(7-2-3-7)6-12-11(8)13-10/h4-7H,2-3H2,1H3,(H,12,13). The molecular formula is C11H12N2O. The first-order valence-corrected chi connectivity index (χ1v) is 4.90. The number of ether oxygens (including phenoxy) is 1. The maximum Gasteiger partial charge on any atom is 0.214 e. The lowest BCUT2D eigenvalue weighted by Crippen LogP contribution is -1.87. The van der Waals surface area contributed by atoms with Gasteiger partial charge in [0.25, 0.3) is 0 Å². The van der Waals surface area contributed by atoms with Crippen LogP contribution >= 0.6 is 0 Å². The molecule has 2 aromatic rings. The van der Waals surface area contributed by atoms with Crippen LogP contribution in [-0.2, 0) is 0 Å². The van der Waals surface area contributed by atoms with Crippen molar-refractivity contribution < 1.29 is 4.74 Å². The van der Waals surface area contributed by atoms with Gasteiger partial charge in [-0.2, -0.15) is 4.98 Å². The van der Waals surface area contributed by atoms with Crippen molar-refractivity contribution in [3.63, 3.8) is 0 Å². The van der Waals surface area contributed by atoms with Gasteiger partial charge >= 0.3 is 0 Å². The molecule has 1 N–H and O–H groups in total. The molecule has 0 spiro atoms. The summed E-state index contributed by atoms with van der Waals surface area (Å²) in [5.74, 6) is 1.43. The van der Waals surface area contributed by atoms with Crippen LogP contribution in [0.2, 0.25) is 0 Å². The third-order valence-corrected chi connectivity index (χ3v) is 2.77. The Morgan fingerprint density at radius 1 is 1.43 bits per heavy atom. The average Bonchev–Trinajstić information content (AvgIpc) is 2.98. The van der Waals surface area contributed by atoms with Crippen molar-refractivity contribution in [2.24, 2.45) is 0 Å². The van der Waals surface area contributed by atoms with Crippen LogP contribution in [0.5, 0.6) is 5.88 Å². The van der Waals surface area contributed by atoms with Gasteiger partial charge < -0.3 is 9.72 Å². The summed E-state index contributed by atoms with van der Waals surface area (Å²) in [6.07, 6.45) is 4.72. The molecule has 14 heavy (non-hydrogen) atoms. The molecule has 1 aliphatic rings. The van der Waals surface area contributed by atoms with Crippen LogP contribution in [0.15, 0.2) is 18.3 Å². The lowest BCUT2D eigenvalue weighted by molar-refractivity contribution is 0.399. The first-order chi connectivity index (χ1) is 6.88. The van der Waals surface area contributed by atoms with Crippen molar-refractivity contribution in [3.8, 4) is 5.88 Å². The molecule has 0 amide bonds. The van der Waals surface area contributed by atoms with Crippen molar-refractivity contribution in [3.05, 3.63) is 23.9 Å². The van der Waals surface area contributed by atoms with Crippen LogP contribution in [0.1, 0.15) is 24.3 Å². The van der Waals surface area contributed by atoms with Gasteiger partial charge in [0.15, 0.2) is 0 Å². The lowest BCUT2D eigenvalue weighted by atomic mass is 10.1. The summed E-state index contributed by atoms with van der Waals surface area (Å²) in [6.45, 7) is 0. The van der Waals surface area contributed by atoms with E-state index in [4.69, 9.17) is 4.74 Å². The van der Waals surface area contributed by atoms with Crippen LogP contribution in [0, 0.1) is 0 Å². The predicted octanol–water partition coefficient (Wildman–Crippen LogP) is 2.45. The fraction of sp³-hybridized carbons (Fsp3) is 0.364. The van der Waals surface area contributed by atoms with E-state index in [1.807, 2.05) is 6.07 Å². The molecule has 1 aliphatic carbocycles. The molecule has 1 fully saturated rings. The minimum Gasteiger partial charge on any atom is -0.481 e. The number of hydrogen-bond acceptors (Lipinski definition) is 2. The molecular weight excluding hydrogens is 176 g/mol. The van der Waals surface area contributed by atoms with E-state index in [1.54, 1.807) is 7.11 Å². The van der Waals surface area contributed by atoms with Gasteiger partial charge in [0.1, 0.15) is 5.65 Å². The minimum atomic E-state index is 0.668. The highest BCUT2D eigenvalue weighted by atomic mass is 16.5. The van der Waals surface area contributed by atoms with Crippen LogP contribution in [0.3, 0.4) is 0 Å². The average molecular weight is 188 g/mol. The number of H-pyrrole nitrogens is 1. The molecule has 3 heteroatoms. The molecule has 1 saturated carbocycles. The number of rotatable bonds is 2. The van der Waals surface area contributed by atoms with E-state index in [0.29, 0.717) is 5.88 Å². The Balaban J connectivity index is 2.17. The van der Waals surface area contributed by atoms with E-state index in [0.717, 1.165) is 11.6 Å². The summed E-state index contributed by atoms with van der Waals surface area (Å²) in [5.41, 5.74) is 2.35. The molecule has 0 atom stereocenters. The Labute approximate surface area is 82.1 Å². The van der Waals surface area contributed by atoms with Gasteiger partial charge in [0, 0.05) is 17.6 Å². The topological polar surface area (TPSA) is 37.9 Å². The fourth-order valence-electron chi connectivity index (χ4n) is 1.85. The van der Waals surface area contributed by atoms with E-state index in [2.05, 4.69) is 22.2 Å². The molecule has 3 rings (SSSR count). The van der Waals surface area contributed by atoms with E-state index in [-0.39, 0.29) is 0 Å². The Morgan fingerprint density at radius 2 is 2.29 bits per heavy atom. The quantitative estimate of drug-likeness (QED) is 0.786. The largest absolute Gasteiger partial charge is 0.481 e. The fourth-order valence-corrected chi connectivity index (χ4v) is 1.85. The maximum absolute atomic E-state index is 5.08. The second-order valence-electron chi connectivity index (χ2n) is 3.77. The molecule has 0 radical (unpaired) electrons. The molecule has 72 valence electrons. The number of hydrogen-bond donors (Lipinski definition) is 1. The summed E-state index contributed by atoms with van der Waals surface area (Å²) in [7, 11) is 1.64. The molecule has 0 saturated heterocycles. The number of aromatic nitrogens is 2. The third-order valence-electron chi connectivity index (χ3n) is 2.77. The second-order valence-corrected chi connectivity index (χ2v) is 3.77. The van der Waals surface area contributed by atoms with Gasteiger partial charge in [-0.05, 0) is 30.4 Å². The maximum atomic E-state index is 5.08. The molecule has 0 bridgehead atoms. The molecule has 2 aromatic heterocycles. The zero-order valence-electron chi connectivity index (χ0n) is 8.08. The Morgan fingerprint density at radius 3 is 3.00 bits per heavy atom. The third kappa shape index (κ3) is 1.09. The number of nitrogens with zero attached hydrogens (tertiary/aromatic N) is 1. The van der Waals surface area contributed by atoms with Crippen molar-refractivity contribution >= 4 is 11.0 Å². The van der Waals surface area contributed by atoms with Crippen LogP contribution in [0.4, 0.5) is 0 Å². The van der Waals surface area contributed by atoms with Gasteiger partial charge in [-0.3, -0.25) is 0 Å². The minimum absolute atomic E-state index is 0.668. The van der Waals surface area contributed by atoms with Crippen LogP contribution in [-0.4, -0.2) is 17.1 Å². The summed E-state index contributed by atoms with van der Waals surface area (Å²) >= 11 is 0. The second kappa shape index (κ2) is 2.74. The summed E-state index contributed by atoms with van der Waals surface area (Å²) in [5, 5.41) is 1.24. The van der Waals surface area contributed by atoms with Crippen molar-refractivity contribution in [2.75, 3.05) is 7.11 Å².